The van der Waals surface area contributed by atoms with Crippen LogP contribution < -0.4 is 0 Å². The minimum atomic E-state index is 0.404. The van der Waals surface area contributed by atoms with Crippen molar-refractivity contribution >= 4 is 27.5 Å². The van der Waals surface area contributed by atoms with Gasteiger partial charge in [0.1, 0.15) is 0 Å². The Balaban J connectivity index is 2.52. The van der Waals surface area contributed by atoms with E-state index in [1.165, 1.54) is 18.4 Å². The Bertz CT molecular complexity index is 341. The average Bonchev–Trinajstić information content (AvgIpc) is 2.23. The average molecular weight is 318 g/mol. The van der Waals surface area contributed by atoms with Crippen molar-refractivity contribution in [3.05, 3.63) is 34.3 Å². The van der Waals surface area contributed by atoms with Crippen LogP contribution in [0.3, 0.4) is 0 Å². The molecule has 0 bridgehead atoms. The zero-order valence-corrected chi connectivity index (χ0v) is 13.3. The van der Waals surface area contributed by atoms with E-state index in [-0.39, 0.29) is 0 Å². The zero-order chi connectivity index (χ0) is 12.9. The van der Waals surface area contributed by atoms with E-state index >= 15 is 0 Å². The molecular weight excluding hydrogens is 296 g/mol. The quantitative estimate of drug-likeness (QED) is 0.613. The smallest absolute Gasteiger partial charge is 0.0254 e. The highest BCUT2D eigenvalue weighted by Gasteiger charge is 2.15. The van der Waals surface area contributed by atoms with Gasteiger partial charge in [0.15, 0.2) is 0 Å². The molecule has 0 radical (unpaired) electrons. The molecule has 1 aromatic carbocycles. The van der Waals surface area contributed by atoms with Crippen molar-refractivity contribution in [2.24, 2.45) is 11.3 Å². The van der Waals surface area contributed by atoms with Crippen molar-refractivity contribution in [2.75, 3.05) is 5.88 Å². The van der Waals surface area contributed by atoms with Crippen LogP contribution in [0.4, 0.5) is 0 Å². The van der Waals surface area contributed by atoms with Crippen molar-refractivity contribution in [1.29, 1.82) is 0 Å². The molecule has 1 unspecified atom stereocenters. The summed E-state index contributed by atoms with van der Waals surface area (Å²) in [6.45, 7) is 6.87. The fourth-order valence-corrected chi connectivity index (χ4v) is 2.58. The Kier molecular flexibility index (Phi) is 6.02. The Hall–Kier alpha value is -0.0100. The number of benzene rings is 1. The topological polar surface area (TPSA) is 0 Å². The van der Waals surface area contributed by atoms with E-state index in [0.717, 1.165) is 16.8 Å². The number of alkyl halides is 1. The molecule has 0 aliphatic rings. The summed E-state index contributed by atoms with van der Waals surface area (Å²) in [7, 11) is 0. The van der Waals surface area contributed by atoms with Crippen molar-refractivity contribution in [1.82, 2.24) is 0 Å². The van der Waals surface area contributed by atoms with Gasteiger partial charge in [0.25, 0.3) is 0 Å². The van der Waals surface area contributed by atoms with Crippen molar-refractivity contribution in [3.8, 4) is 0 Å². The van der Waals surface area contributed by atoms with E-state index in [4.69, 9.17) is 11.6 Å². The van der Waals surface area contributed by atoms with Gasteiger partial charge in [-0.1, -0.05) is 48.8 Å². The molecule has 0 saturated carbocycles. The number of rotatable bonds is 5. The summed E-state index contributed by atoms with van der Waals surface area (Å²) >= 11 is 9.59. The molecule has 0 amide bonds. The SMILES string of the molecule is CC(C)(C)CCC(CCl)Cc1cccc(Br)c1. The first-order chi connectivity index (χ1) is 7.90. The van der Waals surface area contributed by atoms with E-state index in [0.29, 0.717) is 11.3 Å². The third-order valence-corrected chi connectivity index (χ3v) is 3.86. The molecule has 0 N–H and O–H groups in total. The number of hydrogen-bond donors (Lipinski definition) is 0. The van der Waals surface area contributed by atoms with E-state index in [9.17, 15) is 0 Å². The van der Waals surface area contributed by atoms with Gasteiger partial charge in [-0.15, -0.1) is 11.6 Å². The van der Waals surface area contributed by atoms with Crippen LogP contribution >= 0.6 is 27.5 Å². The van der Waals surface area contributed by atoms with Gasteiger partial charge in [-0.25, -0.2) is 0 Å². The predicted molar refractivity (Wildman–Crippen MR) is 80.7 cm³/mol. The lowest BCUT2D eigenvalue weighted by Crippen LogP contribution is -2.12. The van der Waals surface area contributed by atoms with Crippen LogP contribution in [-0.4, -0.2) is 5.88 Å². The Labute approximate surface area is 119 Å². The van der Waals surface area contributed by atoms with E-state index in [2.05, 4.69) is 61.0 Å². The summed E-state index contributed by atoms with van der Waals surface area (Å²) < 4.78 is 1.15. The molecule has 17 heavy (non-hydrogen) atoms. The largest absolute Gasteiger partial charge is 0.126 e. The van der Waals surface area contributed by atoms with Crippen LogP contribution in [0.2, 0.25) is 0 Å². The second-order valence-corrected chi connectivity index (χ2v) is 7.18. The molecule has 0 saturated heterocycles. The van der Waals surface area contributed by atoms with Crippen LogP contribution in [0.1, 0.15) is 39.2 Å². The minimum Gasteiger partial charge on any atom is -0.126 e. The Morgan fingerprint density at radius 1 is 1.29 bits per heavy atom. The van der Waals surface area contributed by atoms with Gasteiger partial charge in [-0.3, -0.25) is 0 Å². The predicted octanol–water partition coefficient (Wildman–Crippen LogP) is 5.67. The molecule has 2 heteroatoms. The van der Waals surface area contributed by atoms with E-state index in [1.54, 1.807) is 0 Å². The highest BCUT2D eigenvalue weighted by atomic mass is 79.9. The lowest BCUT2D eigenvalue weighted by molar-refractivity contribution is 0.331. The molecule has 96 valence electrons. The van der Waals surface area contributed by atoms with Crippen molar-refractivity contribution < 1.29 is 0 Å². The molecule has 0 heterocycles. The lowest BCUT2D eigenvalue weighted by Gasteiger charge is -2.22. The number of halogens is 2. The molecule has 0 aliphatic carbocycles. The fraction of sp³-hybridized carbons (Fsp3) is 0.600. The van der Waals surface area contributed by atoms with Gasteiger partial charge in [0.05, 0.1) is 0 Å². The van der Waals surface area contributed by atoms with Gasteiger partial charge in [-0.05, 0) is 48.3 Å². The van der Waals surface area contributed by atoms with Crippen molar-refractivity contribution in [3.63, 3.8) is 0 Å². The molecule has 0 fully saturated rings. The summed E-state index contributed by atoms with van der Waals surface area (Å²) in [6, 6.07) is 8.53. The van der Waals surface area contributed by atoms with Gasteiger partial charge in [0.2, 0.25) is 0 Å². The second-order valence-electron chi connectivity index (χ2n) is 5.95. The monoisotopic (exact) mass is 316 g/mol. The van der Waals surface area contributed by atoms with Crippen LogP contribution in [0.5, 0.6) is 0 Å². The lowest BCUT2D eigenvalue weighted by atomic mass is 9.85. The molecule has 0 aromatic heterocycles. The van der Waals surface area contributed by atoms with Crippen LogP contribution in [0.15, 0.2) is 28.7 Å². The minimum absolute atomic E-state index is 0.404. The Morgan fingerprint density at radius 2 is 2.00 bits per heavy atom. The van der Waals surface area contributed by atoms with Crippen LogP contribution in [0.25, 0.3) is 0 Å². The molecule has 0 aliphatic heterocycles. The first-order valence-electron chi connectivity index (χ1n) is 6.21. The maximum Gasteiger partial charge on any atom is 0.0254 e. The van der Waals surface area contributed by atoms with Crippen LogP contribution in [0, 0.1) is 11.3 Å². The summed E-state index contributed by atoms with van der Waals surface area (Å²) in [5.74, 6) is 1.34. The van der Waals surface area contributed by atoms with Gasteiger partial charge >= 0.3 is 0 Å². The number of hydrogen-bond acceptors (Lipinski definition) is 0. The van der Waals surface area contributed by atoms with Crippen LogP contribution in [-0.2, 0) is 6.42 Å². The second kappa shape index (κ2) is 6.80. The fourth-order valence-electron chi connectivity index (χ4n) is 1.87. The molecule has 0 nitrogen and oxygen atoms in total. The van der Waals surface area contributed by atoms with E-state index in [1.807, 2.05) is 0 Å². The van der Waals surface area contributed by atoms with Gasteiger partial charge in [-0.2, -0.15) is 0 Å². The zero-order valence-electron chi connectivity index (χ0n) is 11.0. The molecule has 1 rings (SSSR count). The first-order valence-corrected chi connectivity index (χ1v) is 7.54. The molecule has 1 aromatic rings. The van der Waals surface area contributed by atoms with Gasteiger partial charge in [0, 0.05) is 10.4 Å². The molecule has 0 spiro atoms. The maximum absolute atomic E-state index is 6.07. The summed E-state index contributed by atoms with van der Waals surface area (Å²) in [5, 5.41) is 0. The Morgan fingerprint density at radius 3 is 2.53 bits per heavy atom. The molecular formula is C15H22BrCl. The maximum atomic E-state index is 6.07. The molecule has 1 atom stereocenters. The van der Waals surface area contributed by atoms with Crippen molar-refractivity contribution in [2.45, 2.75) is 40.0 Å². The highest BCUT2D eigenvalue weighted by molar-refractivity contribution is 9.10. The first kappa shape index (κ1) is 15.0. The summed E-state index contributed by atoms with van der Waals surface area (Å²) in [4.78, 5) is 0. The summed E-state index contributed by atoms with van der Waals surface area (Å²) in [5.41, 5.74) is 1.78. The third kappa shape index (κ3) is 6.47. The highest BCUT2D eigenvalue weighted by Crippen LogP contribution is 2.26. The summed E-state index contributed by atoms with van der Waals surface area (Å²) in [6.07, 6.45) is 3.52. The third-order valence-electron chi connectivity index (χ3n) is 2.93. The standard InChI is InChI=1S/C15H22BrCl/c1-15(2,3)8-7-13(11-17)9-12-5-4-6-14(16)10-12/h4-6,10,13H,7-9,11H2,1-3H3. The van der Waals surface area contributed by atoms with E-state index < -0.39 is 0 Å². The van der Waals surface area contributed by atoms with Gasteiger partial charge < -0.3 is 0 Å². The normalized spacial score (nSPS) is 13.7.